The number of thiazole rings is 1. The molecule has 3 aromatic rings. The molecule has 5 nitrogen and oxygen atoms in total. The number of nitrogens with zero attached hydrogens (tertiary/aromatic N) is 2. The molecule has 1 aromatic carbocycles. The third kappa shape index (κ3) is 3.17. The van der Waals surface area contributed by atoms with Crippen LogP contribution in [0.2, 0.25) is 0 Å². The highest BCUT2D eigenvalue weighted by molar-refractivity contribution is 7.13. The summed E-state index contributed by atoms with van der Waals surface area (Å²) in [6.07, 6.45) is 2.00. The van der Waals surface area contributed by atoms with Crippen LogP contribution in [0.15, 0.2) is 41.9 Å². The van der Waals surface area contributed by atoms with Crippen LogP contribution in [0.1, 0.15) is 11.3 Å². The summed E-state index contributed by atoms with van der Waals surface area (Å²) >= 11 is 1.34. The van der Waals surface area contributed by atoms with Gasteiger partial charge in [0.2, 0.25) is 5.91 Å². The summed E-state index contributed by atoms with van der Waals surface area (Å²) in [5, 5.41) is 6.24. The molecule has 0 aliphatic rings. The molecule has 0 atom stereocenters. The van der Waals surface area contributed by atoms with E-state index in [-0.39, 0.29) is 12.3 Å². The second-order valence-corrected chi connectivity index (χ2v) is 5.51. The molecule has 106 valence electrons. The van der Waals surface area contributed by atoms with Gasteiger partial charge in [-0.15, -0.1) is 11.3 Å². The van der Waals surface area contributed by atoms with Crippen molar-refractivity contribution in [1.29, 1.82) is 0 Å². The fraction of sp³-hybridized carbons (Fsp3) is 0.133. The Morgan fingerprint density at radius 3 is 2.95 bits per heavy atom. The zero-order chi connectivity index (χ0) is 14.7. The fourth-order valence-corrected chi connectivity index (χ4v) is 2.70. The number of anilines is 1. The molecule has 0 aliphatic carbocycles. The number of pyridine rings is 1. The lowest BCUT2D eigenvalue weighted by Crippen LogP contribution is -2.24. The van der Waals surface area contributed by atoms with Crippen molar-refractivity contribution >= 4 is 33.3 Å². The first-order chi connectivity index (χ1) is 10.2. The number of para-hydroxylation sites is 1. The summed E-state index contributed by atoms with van der Waals surface area (Å²) in [6.45, 7) is 0.451. The molecule has 0 bridgehead atoms. The van der Waals surface area contributed by atoms with E-state index < -0.39 is 0 Å². The van der Waals surface area contributed by atoms with Gasteiger partial charge in [0.05, 0.1) is 17.6 Å². The number of nitrogens with two attached hydrogens (primary N) is 1. The predicted octanol–water partition coefficient (Wildman–Crippen LogP) is 2.13. The first-order valence-electron chi connectivity index (χ1n) is 6.51. The SMILES string of the molecule is Nc1nc(CC(=O)NCc2cccc3cccnc23)cs1. The monoisotopic (exact) mass is 298 g/mol. The normalized spacial score (nSPS) is 10.7. The van der Waals surface area contributed by atoms with Crippen molar-refractivity contribution in [2.75, 3.05) is 5.73 Å². The predicted molar refractivity (Wildman–Crippen MR) is 83.8 cm³/mol. The van der Waals surface area contributed by atoms with Gasteiger partial charge in [-0.25, -0.2) is 4.98 Å². The van der Waals surface area contributed by atoms with Gasteiger partial charge in [-0.05, 0) is 11.6 Å². The molecule has 0 saturated carbocycles. The summed E-state index contributed by atoms with van der Waals surface area (Å²) in [7, 11) is 0. The second kappa shape index (κ2) is 5.88. The quantitative estimate of drug-likeness (QED) is 0.773. The maximum Gasteiger partial charge on any atom is 0.226 e. The number of nitrogens with one attached hydrogen (secondary N) is 1. The van der Waals surface area contributed by atoms with Gasteiger partial charge in [0.1, 0.15) is 0 Å². The van der Waals surface area contributed by atoms with E-state index in [0.29, 0.717) is 17.4 Å². The standard InChI is InChI=1S/C15H14N4OS/c16-15-19-12(9-21-15)7-13(20)18-8-11-4-1-3-10-5-2-6-17-14(10)11/h1-6,9H,7-8H2,(H2,16,19)(H,18,20). The maximum atomic E-state index is 11.9. The van der Waals surface area contributed by atoms with E-state index in [0.717, 1.165) is 16.5 Å². The van der Waals surface area contributed by atoms with Crippen LogP contribution in [0, 0.1) is 0 Å². The number of rotatable bonds is 4. The summed E-state index contributed by atoms with van der Waals surface area (Å²) in [4.78, 5) is 20.4. The molecular formula is C15H14N4OS. The lowest BCUT2D eigenvalue weighted by molar-refractivity contribution is -0.120. The molecule has 0 unspecified atom stereocenters. The Hall–Kier alpha value is -2.47. The van der Waals surface area contributed by atoms with Crippen LogP contribution in [-0.4, -0.2) is 15.9 Å². The van der Waals surface area contributed by atoms with Gasteiger partial charge in [0, 0.05) is 23.5 Å². The molecule has 2 heterocycles. The number of hydrogen-bond acceptors (Lipinski definition) is 5. The highest BCUT2D eigenvalue weighted by atomic mass is 32.1. The average molecular weight is 298 g/mol. The first-order valence-corrected chi connectivity index (χ1v) is 7.39. The van der Waals surface area contributed by atoms with Gasteiger partial charge in [-0.3, -0.25) is 9.78 Å². The Bertz CT molecular complexity index is 779. The van der Waals surface area contributed by atoms with Crippen LogP contribution in [0.25, 0.3) is 10.9 Å². The lowest BCUT2D eigenvalue weighted by atomic mass is 10.1. The number of aromatic nitrogens is 2. The smallest absolute Gasteiger partial charge is 0.226 e. The summed E-state index contributed by atoms with van der Waals surface area (Å²) in [6, 6.07) is 9.85. The van der Waals surface area contributed by atoms with Crippen molar-refractivity contribution in [2.45, 2.75) is 13.0 Å². The van der Waals surface area contributed by atoms with Crippen molar-refractivity contribution in [2.24, 2.45) is 0 Å². The van der Waals surface area contributed by atoms with Crippen LogP contribution < -0.4 is 11.1 Å². The zero-order valence-electron chi connectivity index (χ0n) is 11.2. The Balaban J connectivity index is 1.67. The molecule has 0 spiro atoms. The third-order valence-electron chi connectivity index (χ3n) is 3.10. The minimum atomic E-state index is -0.0757. The van der Waals surface area contributed by atoms with Gasteiger partial charge in [0.25, 0.3) is 0 Å². The highest BCUT2D eigenvalue weighted by Crippen LogP contribution is 2.16. The highest BCUT2D eigenvalue weighted by Gasteiger charge is 2.08. The Morgan fingerprint density at radius 1 is 1.29 bits per heavy atom. The minimum absolute atomic E-state index is 0.0757. The van der Waals surface area contributed by atoms with Gasteiger partial charge in [-0.1, -0.05) is 24.3 Å². The van der Waals surface area contributed by atoms with Crippen molar-refractivity contribution in [1.82, 2.24) is 15.3 Å². The van der Waals surface area contributed by atoms with E-state index in [9.17, 15) is 4.79 Å². The zero-order valence-corrected chi connectivity index (χ0v) is 12.1. The van der Waals surface area contributed by atoms with Crippen molar-refractivity contribution in [3.8, 4) is 0 Å². The van der Waals surface area contributed by atoms with E-state index in [1.165, 1.54) is 11.3 Å². The third-order valence-corrected chi connectivity index (χ3v) is 3.83. The van der Waals surface area contributed by atoms with E-state index in [1.54, 1.807) is 11.6 Å². The molecule has 6 heteroatoms. The summed E-state index contributed by atoms with van der Waals surface area (Å²) < 4.78 is 0. The summed E-state index contributed by atoms with van der Waals surface area (Å²) in [5.41, 5.74) is 8.16. The van der Waals surface area contributed by atoms with Crippen molar-refractivity contribution in [3.05, 3.63) is 53.2 Å². The molecule has 2 aromatic heterocycles. The van der Waals surface area contributed by atoms with Crippen LogP contribution in [0.3, 0.4) is 0 Å². The number of amides is 1. The molecule has 3 rings (SSSR count). The Labute approximate surface area is 125 Å². The van der Waals surface area contributed by atoms with Crippen LogP contribution in [-0.2, 0) is 17.8 Å². The number of hydrogen-bond donors (Lipinski definition) is 2. The van der Waals surface area contributed by atoms with Gasteiger partial charge in [0.15, 0.2) is 5.13 Å². The van der Waals surface area contributed by atoms with Crippen molar-refractivity contribution < 1.29 is 4.79 Å². The van der Waals surface area contributed by atoms with E-state index in [1.807, 2.05) is 30.3 Å². The molecule has 0 fully saturated rings. The molecular weight excluding hydrogens is 284 g/mol. The molecule has 0 saturated heterocycles. The largest absolute Gasteiger partial charge is 0.375 e. The average Bonchev–Trinajstić information content (AvgIpc) is 2.90. The van der Waals surface area contributed by atoms with E-state index in [2.05, 4.69) is 15.3 Å². The number of nitrogen functional groups attached to an aromatic ring is 1. The van der Waals surface area contributed by atoms with Gasteiger partial charge in [-0.2, -0.15) is 0 Å². The summed E-state index contributed by atoms with van der Waals surface area (Å²) in [5.74, 6) is -0.0757. The Morgan fingerprint density at radius 2 is 2.14 bits per heavy atom. The number of carbonyl (C=O) groups is 1. The van der Waals surface area contributed by atoms with Gasteiger partial charge >= 0.3 is 0 Å². The van der Waals surface area contributed by atoms with Crippen LogP contribution >= 0.6 is 11.3 Å². The topological polar surface area (TPSA) is 80.9 Å². The number of carbonyl (C=O) groups excluding carboxylic acids is 1. The lowest BCUT2D eigenvalue weighted by Gasteiger charge is -2.07. The number of benzene rings is 1. The Kier molecular flexibility index (Phi) is 3.79. The molecule has 1 amide bonds. The van der Waals surface area contributed by atoms with Crippen molar-refractivity contribution in [3.63, 3.8) is 0 Å². The van der Waals surface area contributed by atoms with Crippen LogP contribution in [0.4, 0.5) is 5.13 Å². The fourth-order valence-electron chi connectivity index (χ4n) is 2.13. The van der Waals surface area contributed by atoms with Gasteiger partial charge < -0.3 is 11.1 Å². The molecule has 0 aliphatic heterocycles. The first kappa shape index (κ1) is 13.5. The molecule has 3 N–H and O–H groups in total. The number of fused-ring (bicyclic) bond motifs is 1. The van der Waals surface area contributed by atoms with E-state index in [4.69, 9.17) is 5.73 Å². The second-order valence-electron chi connectivity index (χ2n) is 4.62. The molecule has 0 radical (unpaired) electrons. The van der Waals surface area contributed by atoms with Crippen LogP contribution in [0.5, 0.6) is 0 Å². The maximum absolute atomic E-state index is 11.9. The molecule has 21 heavy (non-hydrogen) atoms. The van der Waals surface area contributed by atoms with E-state index >= 15 is 0 Å². The minimum Gasteiger partial charge on any atom is -0.375 e.